The molecular weight excluding hydrogens is 269 g/mol. The largest absolute Gasteiger partial charge is 0.299 e. The number of para-hydroxylation sites is 1. The molecular formula is C14H13Cl2NO. The van der Waals surface area contributed by atoms with Gasteiger partial charge in [0.25, 0.3) is 0 Å². The molecule has 0 amide bonds. The Balaban J connectivity index is 2.24. The predicted molar refractivity (Wildman–Crippen MR) is 75.4 cm³/mol. The Morgan fingerprint density at radius 3 is 2.83 bits per heavy atom. The Hall–Kier alpha value is -1.12. The van der Waals surface area contributed by atoms with Crippen molar-refractivity contribution in [1.29, 1.82) is 0 Å². The fraction of sp³-hybridized carbons (Fsp3) is 0.286. The van der Waals surface area contributed by atoms with Gasteiger partial charge in [-0.25, -0.2) is 0 Å². The van der Waals surface area contributed by atoms with E-state index < -0.39 is 0 Å². The molecule has 2 nitrogen and oxygen atoms in total. The Labute approximate surface area is 116 Å². The second-order valence-electron chi connectivity index (χ2n) is 4.12. The number of rotatable bonds is 5. The molecule has 0 saturated heterocycles. The van der Waals surface area contributed by atoms with E-state index in [-0.39, 0.29) is 5.78 Å². The number of carbonyl (C=O) groups is 1. The molecule has 0 radical (unpaired) electrons. The molecule has 1 aromatic carbocycles. The Morgan fingerprint density at radius 1 is 1.28 bits per heavy atom. The molecule has 0 N–H and O–H groups in total. The van der Waals surface area contributed by atoms with E-state index in [1.807, 2.05) is 24.3 Å². The van der Waals surface area contributed by atoms with Crippen molar-refractivity contribution in [3.05, 3.63) is 41.0 Å². The summed E-state index contributed by atoms with van der Waals surface area (Å²) >= 11 is 11.9. The summed E-state index contributed by atoms with van der Waals surface area (Å²) in [6, 6.07) is 7.64. The van der Waals surface area contributed by atoms with Crippen LogP contribution in [0.15, 0.2) is 30.5 Å². The topological polar surface area (TPSA) is 30.0 Å². The average Bonchev–Trinajstić information content (AvgIpc) is 2.40. The maximum absolute atomic E-state index is 11.7. The number of aromatic nitrogens is 1. The highest BCUT2D eigenvalue weighted by atomic mass is 35.5. The fourth-order valence-corrected chi connectivity index (χ4v) is 2.25. The van der Waals surface area contributed by atoms with Crippen LogP contribution in [0.5, 0.6) is 0 Å². The van der Waals surface area contributed by atoms with Gasteiger partial charge in [-0.05, 0) is 18.1 Å². The van der Waals surface area contributed by atoms with E-state index in [0.29, 0.717) is 30.2 Å². The highest BCUT2D eigenvalue weighted by Gasteiger charge is 2.10. The second-order valence-corrected chi connectivity index (χ2v) is 4.88. The summed E-state index contributed by atoms with van der Waals surface area (Å²) in [4.78, 5) is 16.0. The molecule has 2 aromatic rings. The van der Waals surface area contributed by atoms with Gasteiger partial charge in [-0.1, -0.05) is 29.8 Å². The number of nitrogens with zero attached hydrogens (tertiary/aromatic N) is 1. The molecule has 1 aromatic heterocycles. The Bertz CT molecular complexity index is 569. The van der Waals surface area contributed by atoms with Crippen LogP contribution in [0.25, 0.3) is 10.9 Å². The number of hydrogen-bond donors (Lipinski definition) is 0. The molecule has 0 saturated carbocycles. The number of alkyl halides is 1. The molecule has 1 heterocycles. The lowest BCUT2D eigenvalue weighted by Crippen LogP contribution is -2.04. The van der Waals surface area contributed by atoms with Crippen molar-refractivity contribution in [2.45, 2.75) is 19.3 Å². The number of fused-ring (bicyclic) bond motifs is 1. The number of benzene rings is 1. The smallest absolute Gasteiger partial charge is 0.137 e. The lowest BCUT2D eigenvalue weighted by atomic mass is 10.1. The van der Waals surface area contributed by atoms with Gasteiger partial charge in [-0.15, -0.1) is 11.6 Å². The lowest BCUT2D eigenvalue weighted by molar-refractivity contribution is -0.118. The van der Waals surface area contributed by atoms with Crippen molar-refractivity contribution >= 4 is 39.9 Å². The molecule has 0 aliphatic heterocycles. The third-order valence-electron chi connectivity index (χ3n) is 2.76. The van der Waals surface area contributed by atoms with Crippen LogP contribution in [-0.4, -0.2) is 16.6 Å². The summed E-state index contributed by atoms with van der Waals surface area (Å²) < 4.78 is 0. The maximum Gasteiger partial charge on any atom is 0.137 e. The normalized spacial score (nSPS) is 10.8. The zero-order valence-corrected chi connectivity index (χ0v) is 11.3. The zero-order valence-electron chi connectivity index (χ0n) is 9.83. The van der Waals surface area contributed by atoms with Gasteiger partial charge in [-0.2, -0.15) is 0 Å². The molecule has 4 heteroatoms. The predicted octanol–water partition coefficient (Wildman–Crippen LogP) is 4.02. The second kappa shape index (κ2) is 6.17. The molecule has 0 spiro atoms. The van der Waals surface area contributed by atoms with Crippen LogP contribution in [0.3, 0.4) is 0 Å². The summed E-state index contributed by atoms with van der Waals surface area (Å²) in [5.74, 6) is 0.657. The zero-order chi connectivity index (χ0) is 13.0. The molecule has 0 bridgehead atoms. The molecule has 0 unspecified atom stereocenters. The van der Waals surface area contributed by atoms with Crippen molar-refractivity contribution in [3.8, 4) is 0 Å². The third-order valence-corrected chi connectivity index (χ3v) is 3.47. The standard InChI is InChI=1S/C14H13Cl2NO/c15-7-3-4-11(18)8-10-9-17-13-6-2-1-5-12(13)14(10)16/h1-2,5-6,9H,3-4,7-8H2. The molecule has 0 fully saturated rings. The average molecular weight is 282 g/mol. The van der Waals surface area contributed by atoms with E-state index >= 15 is 0 Å². The third kappa shape index (κ3) is 3.01. The molecule has 0 aliphatic rings. The summed E-state index contributed by atoms with van der Waals surface area (Å²) in [7, 11) is 0. The van der Waals surface area contributed by atoms with E-state index in [2.05, 4.69) is 4.98 Å². The van der Waals surface area contributed by atoms with Gasteiger partial charge < -0.3 is 0 Å². The van der Waals surface area contributed by atoms with E-state index in [4.69, 9.17) is 23.2 Å². The van der Waals surface area contributed by atoms with Crippen molar-refractivity contribution in [1.82, 2.24) is 4.98 Å². The Kier molecular flexibility index (Phi) is 4.56. The molecule has 0 aliphatic carbocycles. The highest BCUT2D eigenvalue weighted by Crippen LogP contribution is 2.26. The first-order valence-electron chi connectivity index (χ1n) is 5.82. The van der Waals surface area contributed by atoms with E-state index in [0.717, 1.165) is 16.5 Å². The van der Waals surface area contributed by atoms with Gasteiger partial charge in [-0.3, -0.25) is 9.78 Å². The van der Waals surface area contributed by atoms with Crippen LogP contribution >= 0.6 is 23.2 Å². The maximum atomic E-state index is 11.7. The van der Waals surface area contributed by atoms with Crippen LogP contribution in [0.1, 0.15) is 18.4 Å². The number of halogens is 2. The minimum Gasteiger partial charge on any atom is -0.299 e. The SMILES string of the molecule is O=C(CCCCl)Cc1cnc2ccccc2c1Cl. The number of hydrogen-bond acceptors (Lipinski definition) is 2. The summed E-state index contributed by atoms with van der Waals surface area (Å²) in [6.07, 6.45) is 3.21. The molecule has 2 rings (SSSR count). The van der Waals surface area contributed by atoms with Crippen LogP contribution in [0.2, 0.25) is 5.02 Å². The van der Waals surface area contributed by atoms with Crippen LogP contribution in [-0.2, 0) is 11.2 Å². The number of Topliss-reactive ketones (excluding diaryl/α,β-unsaturated/α-hetero) is 1. The van der Waals surface area contributed by atoms with Gasteiger partial charge in [0.05, 0.1) is 10.5 Å². The first-order valence-corrected chi connectivity index (χ1v) is 6.73. The summed E-state index contributed by atoms with van der Waals surface area (Å²) in [6.45, 7) is 0. The summed E-state index contributed by atoms with van der Waals surface area (Å²) in [5, 5.41) is 1.52. The van der Waals surface area contributed by atoms with Crippen LogP contribution in [0.4, 0.5) is 0 Å². The van der Waals surface area contributed by atoms with Gasteiger partial charge >= 0.3 is 0 Å². The Morgan fingerprint density at radius 2 is 2.06 bits per heavy atom. The van der Waals surface area contributed by atoms with Crippen molar-refractivity contribution < 1.29 is 4.79 Å². The highest BCUT2D eigenvalue weighted by molar-refractivity contribution is 6.36. The van der Waals surface area contributed by atoms with E-state index in [1.54, 1.807) is 6.20 Å². The number of ketones is 1. The molecule has 0 atom stereocenters. The van der Waals surface area contributed by atoms with Gasteiger partial charge in [0.15, 0.2) is 0 Å². The van der Waals surface area contributed by atoms with Gasteiger partial charge in [0.2, 0.25) is 0 Å². The van der Waals surface area contributed by atoms with Crippen LogP contribution < -0.4 is 0 Å². The van der Waals surface area contributed by atoms with E-state index in [1.165, 1.54) is 0 Å². The number of pyridine rings is 1. The minimum absolute atomic E-state index is 0.148. The minimum atomic E-state index is 0.148. The first-order chi connectivity index (χ1) is 8.72. The van der Waals surface area contributed by atoms with Crippen molar-refractivity contribution in [2.75, 3.05) is 5.88 Å². The summed E-state index contributed by atoms with van der Waals surface area (Å²) in [5.41, 5.74) is 1.63. The molecule has 18 heavy (non-hydrogen) atoms. The fourth-order valence-electron chi connectivity index (χ4n) is 1.84. The lowest BCUT2D eigenvalue weighted by Gasteiger charge is -2.06. The van der Waals surface area contributed by atoms with Crippen molar-refractivity contribution in [2.24, 2.45) is 0 Å². The quantitative estimate of drug-likeness (QED) is 0.775. The number of carbonyl (C=O) groups excluding carboxylic acids is 1. The van der Waals surface area contributed by atoms with Gasteiger partial charge in [0, 0.05) is 30.3 Å². The molecule has 94 valence electrons. The van der Waals surface area contributed by atoms with Crippen molar-refractivity contribution in [3.63, 3.8) is 0 Å². The van der Waals surface area contributed by atoms with Crippen LogP contribution in [0, 0.1) is 0 Å². The van der Waals surface area contributed by atoms with E-state index in [9.17, 15) is 4.79 Å². The van der Waals surface area contributed by atoms with Gasteiger partial charge in [0.1, 0.15) is 5.78 Å². The monoisotopic (exact) mass is 281 g/mol. The first kappa shape index (κ1) is 13.3.